The van der Waals surface area contributed by atoms with E-state index in [1.54, 1.807) is 18.7 Å². The number of carbonyl (C=O) groups is 2. The minimum Gasteiger partial charge on any atom is -0.480 e. The van der Waals surface area contributed by atoms with Gasteiger partial charge in [-0.3, -0.25) is 4.90 Å². The van der Waals surface area contributed by atoms with Crippen LogP contribution < -0.4 is 5.32 Å². The van der Waals surface area contributed by atoms with E-state index in [1.807, 2.05) is 0 Å². The molecule has 1 saturated heterocycles. The van der Waals surface area contributed by atoms with E-state index < -0.39 is 12.0 Å². The first-order chi connectivity index (χ1) is 9.40. The van der Waals surface area contributed by atoms with E-state index >= 15 is 0 Å². The number of carboxylic acid groups (broad SMARTS) is 1. The van der Waals surface area contributed by atoms with Crippen molar-refractivity contribution in [2.45, 2.75) is 46.2 Å². The van der Waals surface area contributed by atoms with E-state index in [1.165, 1.54) is 0 Å². The number of likely N-dealkylation sites (tertiary alicyclic amines) is 1. The van der Waals surface area contributed by atoms with Crippen LogP contribution in [0.5, 0.6) is 0 Å². The second-order valence-corrected chi connectivity index (χ2v) is 5.62. The summed E-state index contributed by atoms with van der Waals surface area (Å²) >= 11 is 0. The zero-order valence-corrected chi connectivity index (χ0v) is 12.9. The maximum Gasteiger partial charge on any atom is 0.326 e. The molecule has 1 unspecified atom stereocenters. The highest BCUT2D eigenvalue weighted by Gasteiger charge is 2.32. The van der Waals surface area contributed by atoms with Crippen LogP contribution in [0.2, 0.25) is 0 Å². The molecule has 0 aromatic carbocycles. The first-order valence-electron chi connectivity index (χ1n) is 7.42. The minimum atomic E-state index is -0.979. The van der Waals surface area contributed by atoms with Crippen LogP contribution in [0.3, 0.4) is 0 Å². The molecule has 2 amide bonds. The van der Waals surface area contributed by atoms with Gasteiger partial charge < -0.3 is 15.3 Å². The number of nitrogens with one attached hydrogen (secondary N) is 1. The molecule has 1 rings (SSSR count). The number of carboxylic acids is 1. The second kappa shape index (κ2) is 7.47. The van der Waals surface area contributed by atoms with Crippen LogP contribution >= 0.6 is 0 Å². The van der Waals surface area contributed by atoms with Gasteiger partial charge in [0.25, 0.3) is 0 Å². The van der Waals surface area contributed by atoms with Crippen LogP contribution in [0.25, 0.3) is 0 Å². The summed E-state index contributed by atoms with van der Waals surface area (Å²) in [7, 11) is 0. The normalized spacial score (nSPS) is 20.5. The van der Waals surface area contributed by atoms with Gasteiger partial charge in [0.05, 0.1) is 0 Å². The van der Waals surface area contributed by atoms with E-state index in [9.17, 15) is 9.59 Å². The van der Waals surface area contributed by atoms with Gasteiger partial charge in [-0.2, -0.15) is 0 Å². The molecule has 0 aromatic rings. The zero-order chi connectivity index (χ0) is 15.3. The van der Waals surface area contributed by atoms with Crippen molar-refractivity contribution in [2.75, 3.05) is 26.2 Å². The zero-order valence-electron chi connectivity index (χ0n) is 12.9. The molecule has 0 aliphatic carbocycles. The van der Waals surface area contributed by atoms with Crippen LogP contribution in [0.1, 0.15) is 34.1 Å². The highest BCUT2D eigenvalue weighted by molar-refractivity contribution is 5.82. The minimum absolute atomic E-state index is 0.127. The van der Waals surface area contributed by atoms with Gasteiger partial charge in [0.2, 0.25) is 0 Å². The highest BCUT2D eigenvalue weighted by atomic mass is 16.4. The summed E-state index contributed by atoms with van der Waals surface area (Å²) in [6.07, 6.45) is 0.953. The average Bonchev–Trinajstić information content (AvgIpc) is 2.86. The maximum atomic E-state index is 12.1. The SMILES string of the molecule is CCN(CC)C1CCN(C(=O)N[C@@H](C(=O)O)C(C)C)C1. The summed E-state index contributed by atoms with van der Waals surface area (Å²) in [4.78, 5) is 27.3. The van der Waals surface area contributed by atoms with E-state index in [-0.39, 0.29) is 11.9 Å². The molecule has 2 N–H and O–H groups in total. The molecule has 0 saturated carbocycles. The monoisotopic (exact) mass is 285 g/mol. The molecular formula is C14H27N3O3. The number of amides is 2. The van der Waals surface area contributed by atoms with Crippen molar-refractivity contribution in [1.82, 2.24) is 15.1 Å². The first kappa shape index (κ1) is 16.8. The number of rotatable bonds is 6. The third-order valence-electron chi connectivity index (χ3n) is 3.99. The smallest absolute Gasteiger partial charge is 0.326 e. The summed E-state index contributed by atoms with van der Waals surface area (Å²) in [5, 5.41) is 11.7. The summed E-state index contributed by atoms with van der Waals surface area (Å²) in [5.74, 6) is -1.11. The Kier molecular flexibility index (Phi) is 6.26. The summed E-state index contributed by atoms with van der Waals surface area (Å²) in [6.45, 7) is 11.1. The maximum absolute atomic E-state index is 12.1. The predicted molar refractivity (Wildman–Crippen MR) is 77.7 cm³/mol. The lowest BCUT2D eigenvalue weighted by molar-refractivity contribution is -0.140. The van der Waals surface area contributed by atoms with E-state index in [0.29, 0.717) is 19.1 Å². The first-order valence-corrected chi connectivity index (χ1v) is 7.42. The van der Waals surface area contributed by atoms with Crippen molar-refractivity contribution in [2.24, 2.45) is 5.92 Å². The van der Waals surface area contributed by atoms with Crippen LogP contribution in [-0.4, -0.2) is 65.2 Å². The van der Waals surface area contributed by atoms with Gasteiger partial charge in [-0.1, -0.05) is 27.7 Å². The highest BCUT2D eigenvalue weighted by Crippen LogP contribution is 2.16. The molecular weight excluding hydrogens is 258 g/mol. The lowest BCUT2D eigenvalue weighted by Crippen LogP contribution is -2.50. The second-order valence-electron chi connectivity index (χ2n) is 5.62. The third-order valence-corrected chi connectivity index (χ3v) is 3.99. The molecule has 116 valence electrons. The van der Waals surface area contributed by atoms with Crippen molar-refractivity contribution in [3.63, 3.8) is 0 Å². The van der Waals surface area contributed by atoms with Crippen molar-refractivity contribution < 1.29 is 14.7 Å². The Morgan fingerprint density at radius 1 is 1.35 bits per heavy atom. The summed E-state index contributed by atoms with van der Waals surface area (Å²) in [6, 6.07) is -0.700. The molecule has 6 nitrogen and oxygen atoms in total. The van der Waals surface area contributed by atoms with Crippen LogP contribution in [-0.2, 0) is 4.79 Å². The van der Waals surface area contributed by atoms with E-state index in [0.717, 1.165) is 19.5 Å². The Balaban J connectivity index is 2.55. The fraction of sp³-hybridized carbons (Fsp3) is 0.857. The largest absolute Gasteiger partial charge is 0.480 e. The molecule has 0 spiro atoms. The number of carbonyl (C=O) groups excluding carboxylic acids is 1. The fourth-order valence-corrected chi connectivity index (χ4v) is 2.70. The Morgan fingerprint density at radius 3 is 2.40 bits per heavy atom. The van der Waals surface area contributed by atoms with E-state index in [4.69, 9.17) is 5.11 Å². The fourth-order valence-electron chi connectivity index (χ4n) is 2.70. The molecule has 1 aliphatic heterocycles. The van der Waals surface area contributed by atoms with Gasteiger partial charge >= 0.3 is 12.0 Å². The molecule has 0 bridgehead atoms. The molecule has 0 aromatic heterocycles. The lowest BCUT2D eigenvalue weighted by Gasteiger charge is -2.27. The van der Waals surface area contributed by atoms with Crippen LogP contribution in [0.4, 0.5) is 4.79 Å². The van der Waals surface area contributed by atoms with Gasteiger partial charge in [-0.05, 0) is 25.4 Å². The number of urea groups is 1. The Bertz CT molecular complexity index is 343. The van der Waals surface area contributed by atoms with Crippen LogP contribution in [0.15, 0.2) is 0 Å². The average molecular weight is 285 g/mol. The number of likely N-dealkylation sites (N-methyl/N-ethyl adjacent to an activating group) is 1. The Labute approximate surface area is 121 Å². The molecule has 1 heterocycles. The number of hydrogen-bond donors (Lipinski definition) is 2. The Morgan fingerprint density at radius 2 is 1.95 bits per heavy atom. The number of hydrogen-bond acceptors (Lipinski definition) is 3. The number of nitrogens with zero attached hydrogens (tertiary/aromatic N) is 2. The van der Waals surface area contributed by atoms with Gasteiger partial charge in [0.1, 0.15) is 6.04 Å². The van der Waals surface area contributed by atoms with Gasteiger partial charge in [-0.25, -0.2) is 9.59 Å². The summed E-state index contributed by atoms with van der Waals surface area (Å²) < 4.78 is 0. The third kappa shape index (κ3) is 4.10. The van der Waals surface area contributed by atoms with Gasteiger partial charge in [0.15, 0.2) is 0 Å². The predicted octanol–water partition coefficient (Wildman–Crippen LogP) is 1.22. The van der Waals surface area contributed by atoms with E-state index in [2.05, 4.69) is 24.1 Å². The van der Waals surface area contributed by atoms with Gasteiger partial charge in [0, 0.05) is 19.1 Å². The van der Waals surface area contributed by atoms with Crippen molar-refractivity contribution in [3.8, 4) is 0 Å². The molecule has 2 atom stereocenters. The molecule has 1 aliphatic rings. The van der Waals surface area contributed by atoms with Crippen molar-refractivity contribution in [3.05, 3.63) is 0 Å². The Hall–Kier alpha value is -1.30. The summed E-state index contributed by atoms with van der Waals surface area (Å²) in [5.41, 5.74) is 0. The van der Waals surface area contributed by atoms with Crippen LogP contribution in [0, 0.1) is 5.92 Å². The van der Waals surface area contributed by atoms with Gasteiger partial charge in [-0.15, -0.1) is 0 Å². The van der Waals surface area contributed by atoms with Crippen molar-refractivity contribution in [1.29, 1.82) is 0 Å². The molecule has 1 fully saturated rings. The van der Waals surface area contributed by atoms with Crippen molar-refractivity contribution >= 4 is 12.0 Å². The quantitative estimate of drug-likeness (QED) is 0.769. The topological polar surface area (TPSA) is 72.9 Å². The number of aliphatic carboxylic acids is 1. The molecule has 20 heavy (non-hydrogen) atoms. The lowest BCUT2D eigenvalue weighted by atomic mass is 10.1. The standard InChI is InChI=1S/C14H27N3O3/c1-5-16(6-2)11-7-8-17(9-11)14(20)15-12(10(3)4)13(18)19/h10-12H,5-9H2,1-4H3,(H,15,20)(H,18,19)/t11?,12-/m1/s1. The molecule has 0 radical (unpaired) electrons. The molecule has 6 heteroatoms.